The number of hydrogen-bond donors (Lipinski definition) is 1. The molecule has 1 saturated heterocycles. The molecule has 3 rings (SSSR count). The molecule has 0 spiro atoms. The molecule has 2 heterocycles. The predicted molar refractivity (Wildman–Crippen MR) is 135 cm³/mol. The predicted octanol–water partition coefficient (Wildman–Crippen LogP) is 3.67. The third-order valence-corrected chi connectivity index (χ3v) is 5.83. The van der Waals surface area contributed by atoms with E-state index in [1.807, 2.05) is 0 Å². The van der Waals surface area contributed by atoms with Crippen LogP contribution in [-0.4, -0.2) is 70.5 Å². The van der Waals surface area contributed by atoms with Gasteiger partial charge in [0.1, 0.15) is 0 Å². The number of likely N-dealkylation sites (tertiary alicyclic amines) is 1. The van der Waals surface area contributed by atoms with Gasteiger partial charge in [-0.1, -0.05) is 12.1 Å². The van der Waals surface area contributed by atoms with E-state index >= 15 is 0 Å². The lowest BCUT2D eigenvalue weighted by atomic mass is 10.00. The summed E-state index contributed by atoms with van der Waals surface area (Å²) in [5.41, 5.74) is 4.14. The van der Waals surface area contributed by atoms with Crippen LogP contribution < -0.4 is 10.2 Å². The van der Waals surface area contributed by atoms with E-state index in [9.17, 15) is 0 Å². The van der Waals surface area contributed by atoms with Crippen molar-refractivity contribution in [3.8, 4) is 0 Å². The van der Waals surface area contributed by atoms with E-state index in [0.717, 1.165) is 71.2 Å². The van der Waals surface area contributed by atoms with E-state index in [1.54, 1.807) is 7.11 Å². The van der Waals surface area contributed by atoms with Crippen LogP contribution in [0.15, 0.2) is 23.2 Å². The Balaban J connectivity index is 0.00000320. The van der Waals surface area contributed by atoms with Crippen molar-refractivity contribution in [2.75, 3.05) is 58.5 Å². The summed E-state index contributed by atoms with van der Waals surface area (Å²) < 4.78 is 11.1. The summed E-state index contributed by atoms with van der Waals surface area (Å²) in [7, 11) is 3.92. The molecule has 7 heteroatoms. The van der Waals surface area contributed by atoms with E-state index in [4.69, 9.17) is 14.5 Å². The van der Waals surface area contributed by atoms with Gasteiger partial charge in [-0.15, -0.1) is 24.0 Å². The number of anilines is 1. The van der Waals surface area contributed by atoms with E-state index in [1.165, 1.54) is 29.7 Å². The number of hydrogen-bond acceptors (Lipinski definition) is 4. The number of nitrogens with zero attached hydrogens (tertiary/aromatic N) is 3. The van der Waals surface area contributed by atoms with Gasteiger partial charge in [-0.25, -0.2) is 4.99 Å². The Hall–Kier alpha value is -1.06. The highest BCUT2D eigenvalue weighted by Crippen LogP contribution is 2.27. The summed E-state index contributed by atoms with van der Waals surface area (Å²) in [6.45, 7) is 8.46. The van der Waals surface area contributed by atoms with Gasteiger partial charge in [-0.3, -0.25) is 0 Å². The van der Waals surface area contributed by atoms with Gasteiger partial charge in [-0.2, -0.15) is 0 Å². The van der Waals surface area contributed by atoms with Crippen molar-refractivity contribution in [3.05, 3.63) is 29.3 Å². The average molecular weight is 530 g/mol. The maximum atomic E-state index is 5.99. The maximum Gasteiger partial charge on any atom is 0.194 e. The van der Waals surface area contributed by atoms with Gasteiger partial charge < -0.3 is 24.6 Å². The first-order valence-corrected chi connectivity index (χ1v) is 11.2. The normalized spacial score (nSPS) is 17.5. The van der Waals surface area contributed by atoms with Gasteiger partial charge in [0.2, 0.25) is 0 Å². The molecule has 2 aliphatic rings. The molecule has 0 saturated carbocycles. The topological polar surface area (TPSA) is 49.3 Å². The third kappa shape index (κ3) is 7.27. The van der Waals surface area contributed by atoms with Crippen LogP contribution in [0.4, 0.5) is 5.69 Å². The van der Waals surface area contributed by atoms with Crippen LogP contribution in [0.3, 0.4) is 0 Å². The number of guanidine groups is 1. The van der Waals surface area contributed by atoms with Crippen LogP contribution in [0, 0.1) is 0 Å². The summed E-state index contributed by atoms with van der Waals surface area (Å²) in [6.07, 6.45) is 5.86. The number of methoxy groups -OCH3 is 1. The van der Waals surface area contributed by atoms with Crippen LogP contribution >= 0.6 is 24.0 Å². The number of fused-ring (bicyclic) bond motifs is 1. The van der Waals surface area contributed by atoms with Crippen molar-refractivity contribution in [2.24, 2.45) is 4.99 Å². The molecular weight excluding hydrogens is 491 g/mol. The van der Waals surface area contributed by atoms with E-state index < -0.39 is 0 Å². The molecule has 0 aromatic heterocycles. The van der Waals surface area contributed by atoms with Gasteiger partial charge >= 0.3 is 0 Å². The lowest BCUT2D eigenvalue weighted by Gasteiger charge is -2.34. The molecule has 0 radical (unpaired) electrons. The molecule has 1 aromatic rings. The number of rotatable bonds is 8. The summed E-state index contributed by atoms with van der Waals surface area (Å²) in [6, 6.07) is 6.84. The first kappa shape index (κ1) is 25.2. The van der Waals surface area contributed by atoms with Gasteiger partial charge in [0, 0.05) is 59.2 Å². The number of ether oxygens (including phenoxy) is 2. The van der Waals surface area contributed by atoms with Gasteiger partial charge in [-0.05, 0) is 56.2 Å². The molecule has 170 valence electrons. The molecule has 6 nitrogen and oxygen atoms in total. The van der Waals surface area contributed by atoms with E-state index in [-0.39, 0.29) is 24.0 Å². The molecule has 1 N–H and O–H groups in total. The van der Waals surface area contributed by atoms with Gasteiger partial charge in [0.15, 0.2) is 5.96 Å². The zero-order chi connectivity index (χ0) is 20.5. The summed E-state index contributed by atoms with van der Waals surface area (Å²) in [4.78, 5) is 9.69. The van der Waals surface area contributed by atoms with Crippen molar-refractivity contribution in [1.82, 2.24) is 10.2 Å². The van der Waals surface area contributed by atoms with Crippen molar-refractivity contribution in [2.45, 2.75) is 51.7 Å². The Morgan fingerprint density at radius 3 is 2.73 bits per heavy atom. The first-order chi connectivity index (χ1) is 14.2. The smallest absolute Gasteiger partial charge is 0.194 e. The van der Waals surface area contributed by atoms with Gasteiger partial charge in [0.05, 0.1) is 12.6 Å². The Bertz CT molecular complexity index is 663. The SMILES string of the molecule is CCNC(=NCc1ccc2c(c1)CCCN2C)N1CCC(OCCCOC)CC1.I. The molecule has 2 aliphatic heterocycles. The van der Waals surface area contributed by atoms with E-state index in [0.29, 0.717) is 6.10 Å². The minimum absolute atomic E-state index is 0. The van der Waals surface area contributed by atoms with Crippen LogP contribution in [-0.2, 0) is 22.4 Å². The molecule has 0 atom stereocenters. The van der Waals surface area contributed by atoms with Crippen molar-refractivity contribution in [1.29, 1.82) is 0 Å². The number of piperidine rings is 1. The monoisotopic (exact) mass is 530 g/mol. The highest BCUT2D eigenvalue weighted by Gasteiger charge is 2.22. The van der Waals surface area contributed by atoms with Crippen molar-refractivity contribution < 1.29 is 9.47 Å². The van der Waals surface area contributed by atoms with Gasteiger partial charge in [0.25, 0.3) is 0 Å². The zero-order valence-electron chi connectivity index (χ0n) is 18.9. The number of aliphatic imine (C=N–C) groups is 1. The lowest BCUT2D eigenvalue weighted by Crippen LogP contribution is -2.47. The second-order valence-corrected chi connectivity index (χ2v) is 8.06. The summed E-state index contributed by atoms with van der Waals surface area (Å²) in [5.74, 6) is 1.03. The van der Waals surface area contributed by atoms with Crippen molar-refractivity contribution >= 4 is 35.6 Å². The van der Waals surface area contributed by atoms with E-state index in [2.05, 4.69) is 47.3 Å². The number of nitrogens with one attached hydrogen (secondary N) is 1. The molecule has 0 unspecified atom stereocenters. The largest absolute Gasteiger partial charge is 0.385 e. The molecule has 1 aromatic carbocycles. The highest BCUT2D eigenvalue weighted by atomic mass is 127. The Kier molecular flexibility index (Phi) is 11.2. The number of benzene rings is 1. The second kappa shape index (κ2) is 13.4. The molecule has 0 aliphatic carbocycles. The minimum Gasteiger partial charge on any atom is -0.385 e. The maximum absolute atomic E-state index is 5.99. The third-order valence-electron chi connectivity index (χ3n) is 5.83. The van der Waals surface area contributed by atoms with Crippen LogP contribution in [0.1, 0.15) is 43.7 Å². The fourth-order valence-corrected chi connectivity index (χ4v) is 4.22. The zero-order valence-corrected chi connectivity index (χ0v) is 21.2. The summed E-state index contributed by atoms with van der Waals surface area (Å²) in [5, 5.41) is 3.48. The molecule has 0 amide bonds. The summed E-state index contributed by atoms with van der Waals surface area (Å²) >= 11 is 0. The molecule has 1 fully saturated rings. The van der Waals surface area contributed by atoms with Crippen LogP contribution in [0.5, 0.6) is 0 Å². The standard InChI is InChI=1S/C23H38N4O2.HI/c1-4-24-23(27-13-10-21(11-14-27)29-16-6-15-28-3)25-18-19-8-9-22-20(17-19)7-5-12-26(22)2;/h8-9,17,21H,4-7,10-16,18H2,1-3H3,(H,24,25);1H. The number of halogens is 1. The quantitative estimate of drug-likeness (QED) is 0.241. The second-order valence-electron chi connectivity index (χ2n) is 8.06. The first-order valence-electron chi connectivity index (χ1n) is 11.2. The lowest BCUT2D eigenvalue weighted by molar-refractivity contribution is 0.00990. The average Bonchev–Trinajstić information content (AvgIpc) is 2.75. The highest BCUT2D eigenvalue weighted by molar-refractivity contribution is 14.0. The Morgan fingerprint density at radius 1 is 1.20 bits per heavy atom. The van der Waals surface area contributed by atoms with Crippen LogP contribution in [0.25, 0.3) is 0 Å². The Morgan fingerprint density at radius 2 is 2.00 bits per heavy atom. The fraction of sp³-hybridized carbons (Fsp3) is 0.696. The molecular formula is C23H39IN4O2. The number of aryl methyl sites for hydroxylation is 1. The Labute approximate surface area is 199 Å². The van der Waals surface area contributed by atoms with Crippen LogP contribution in [0.2, 0.25) is 0 Å². The fourth-order valence-electron chi connectivity index (χ4n) is 4.22. The molecule has 0 bridgehead atoms. The minimum atomic E-state index is 0. The molecule has 30 heavy (non-hydrogen) atoms. The van der Waals surface area contributed by atoms with Crippen molar-refractivity contribution in [3.63, 3.8) is 0 Å².